The van der Waals surface area contributed by atoms with Crippen LogP contribution in [0.5, 0.6) is 0 Å². The van der Waals surface area contributed by atoms with Crippen LogP contribution in [0.1, 0.15) is 38.5 Å². The number of hydrogen-bond donors (Lipinski definition) is 0. The summed E-state index contributed by atoms with van der Waals surface area (Å²) in [4.78, 5) is 0. The second-order valence-corrected chi connectivity index (χ2v) is 4.95. The molecule has 20 heavy (non-hydrogen) atoms. The minimum atomic E-state index is 0.629. The van der Waals surface area contributed by atoms with Crippen molar-refractivity contribution in [2.45, 2.75) is 38.5 Å². The van der Waals surface area contributed by atoms with Gasteiger partial charge in [0.15, 0.2) is 0 Å². The molecule has 0 heterocycles. The fourth-order valence-corrected chi connectivity index (χ4v) is 2.22. The minimum Gasteiger partial charge on any atom is -0.466 e. The van der Waals surface area contributed by atoms with Gasteiger partial charge in [-0.15, -0.1) is 0 Å². The van der Waals surface area contributed by atoms with Gasteiger partial charge in [-0.05, 0) is 43.6 Å². The lowest BCUT2D eigenvalue weighted by Gasteiger charge is -2.19. The molecule has 2 aliphatic carbocycles. The smallest absolute Gasteiger partial charge is 0.119 e. The second kappa shape index (κ2) is 7.59. The van der Waals surface area contributed by atoms with Gasteiger partial charge in [0.2, 0.25) is 0 Å². The first-order chi connectivity index (χ1) is 9.78. The van der Waals surface area contributed by atoms with Crippen LogP contribution < -0.4 is 0 Å². The highest BCUT2D eigenvalue weighted by atomic mass is 16.5. The van der Waals surface area contributed by atoms with Crippen LogP contribution in [0, 0.1) is 0 Å². The minimum absolute atomic E-state index is 0.629. The van der Waals surface area contributed by atoms with Crippen LogP contribution in [0.15, 0.2) is 72.7 Å². The monoisotopic (exact) mass is 270 g/mol. The Bertz CT molecular complexity index is 490. The van der Waals surface area contributed by atoms with Crippen molar-refractivity contribution in [1.82, 2.24) is 0 Å². The van der Waals surface area contributed by atoms with Gasteiger partial charge in [0.05, 0.1) is 5.76 Å². The summed E-state index contributed by atoms with van der Waals surface area (Å²) in [5.74, 6) is 3.70. The zero-order chi connectivity index (χ0) is 14.2. The molecule has 0 unspecified atom stereocenters. The molecule has 0 spiro atoms. The third kappa shape index (κ3) is 4.61. The van der Waals surface area contributed by atoms with Crippen molar-refractivity contribution in [2.75, 3.05) is 0 Å². The van der Waals surface area contributed by atoms with Crippen molar-refractivity contribution in [1.29, 1.82) is 0 Å². The normalized spacial score (nSPS) is 18.9. The molecular weight excluding hydrogens is 248 g/mol. The fraction of sp³-hybridized carbons (Fsp3) is 0.333. The van der Waals surface area contributed by atoms with Crippen molar-refractivity contribution >= 4 is 0 Å². The summed E-state index contributed by atoms with van der Waals surface area (Å²) in [6.45, 7) is 7.46. The van der Waals surface area contributed by atoms with Gasteiger partial charge in [-0.2, -0.15) is 0 Å². The molecule has 0 saturated heterocycles. The molecule has 0 N–H and O–H groups in total. The lowest BCUT2D eigenvalue weighted by Crippen LogP contribution is -2.02. The van der Waals surface area contributed by atoms with E-state index in [4.69, 9.17) is 9.47 Å². The molecule has 2 rings (SSSR count). The largest absolute Gasteiger partial charge is 0.466 e. The summed E-state index contributed by atoms with van der Waals surface area (Å²) < 4.78 is 11.6. The Hall–Kier alpha value is -1.96. The van der Waals surface area contributed by atoms with Gasteiger partial charge in [0.1, 0.15) is 17.3 Å². The first-order valence-corrected chi connectivity index (χ1v) is 7.20. The van der Waals surface area contributed by atoms with Crippen molar-refractivity contribution < 1.29 is 9.47 Å². The Kier molecular flexibility index (Phi) is 5.48. The Morgan fingerprint density at radius 1 is 1.05 bits per heavy atom. The first-order valence-electron chi connectivity index (χ1n) is 7.20. The lowest BCUT2D eigenvalue weighted by molar-refractivity contribution is 0.249. The predicted molar refractivity (Wildman–Crippen MR) is 82.6 cm³/mol. The molecule has 0 aliphatic heterocycles. The molecule has 0 bridgehead atoms. The maximum Gasteiger partial charge on any atom is 0.119 e. The molecule has 0 fully saturated rings. The summed E-state index contributed by atoms with van der Waals surface area (Å²) in [5.41, 5.74) is 0. The Balaban J connectivity index is 1.87. The van der Waals surface area contributed by atoms with Crippen LogP contribution in [0.2, 0.25) is 0 Å². The van der Waals surface area contributed by atoms with Crippen LogP contribution in [0.3, 0.4) is 0 Å². The zero-order valence-corrected chi connectivity index (χ0v) is 11.9. The molecule has 0 aromatic rings. The van der Waals surface area contributed by atoms with E-state index >= 15 is 0 Å². The van der Waals surface area contributed by atoms with Gasteiger partial charge >= 0.3 is 0 Å². The molecule has 0 aromatic heterocycles. The van der Waals surface area contributed by atoms with Crippen LogP contribution in [-0.4, -0.2) is 0 Å². The second-order valence-electron chi connectivity index (χ2n) is 4.95. The van der Waals surface area contributed by atoms with Gasteiger partial charge in [-0.25, -0.2) is 0 Å². The summed E-state index contributed by atoms with van der Waals surface area (Å²) >= 11 is 0. The van der Waals surface area contributed by atoms with Gasteiger partial charge in [0.25, 0.3) is 0 Å². The number of ether oxygens (including phenoxy) is 2. The standard InChI is InChI=1S/C18H22O2/c1-3-4-8-15(2)19-17-11-13-18(14-12-17)20-16-9-6-5-7-10-16/h3-4,8-9,11,13H,1-2,5-7,10,12,14H2/b8-4-. The van der Waals surface area contributed by atoms with Crippen LogP contribution in [0.25, 0.3) is 0 Å². The van der Waals surface area contributed by atoms with Gasteiger partial charge in [-0.3, -0.25) is 0 Å². The molecule has 106 valence electrons. The molecule has 0 saturated carbocycles. The highest BCUT2D eigenvalue weighted by Crippen LogP contribution is 2.27. The van der Waals surface area contributed by atoms with Crippen molar-refractivity contribution in [3.63, 3.8) is 0 Å². The van der Waals surface area contributed by atoms with Gasteiger partial charge < -0.3 is 9.47 Å². The van der Waals surface area contributed by atoms with Gasteiger partial charge in [0, 0.05) is 19.3 Å². The van der Waals surface area contributed by atoms with E-state index in [0.29, 0.717) is 5.76 Å². The van der Waals surface area contributed by atoms with E-state index < -0.39 is 0 Å². The van der Waals surface area contributed by atoms with E-state index in [9.17, 15) is 0 Å². The quantitative estimate of drug-likeness (QED) is 0.482. The molecular formula is C18H22O2. The maximum absolute atomic E-state index is 5.92. The highest BCUT2D eigenvalue weighted by molar-refractivity contribution is 5.22. The van der Waals surface area contributed by atoms with Crippen LogP contribution in [-0.2, 0) is 9.47 Å². The number of hydrogen-bond acceptors (Lipinski definition) is 2. The highest BCUT2D eigenvalue weighted by Gasteiger charge is 2.12. The molecule has 0 amide bonds. The summed E-state index contributed by atoms with van der Waals surface area (Å²) in [5, 5.41) is 0. The third-order valence-corrected chi connectivity index (χ3v) is 3.26. The maximum atomic E-state index is 5.92. The van der Waals surface area contributed by atoms with Crippen molar-refractivity contribution in [2.24, 2.45) is 0 Å². The molecule has 0 atom stereocenters. The van der Waals surface area contributed by atoms with E-state index in [-0.39, 0.29) is 0 Å². The summed E-state index contributed by atoms with van der Waals surface area (Å²) in [6.07, 6.45) is 17.9. The van der Waals surface area contributed by atoms with E-state index in [1.54, 1.807) is 12.2 Å². The fourth-order valence-electron chi connectivity index (χ4n) is 2.22. The molecule has 2 nitrogen and oxygen atoms in total. The Morgan fingerprint density at radius 3 is 2.50 bits per heavy atom. The molecule has 2 heteroatoms. The Morgan fingerprint density at radius 2 is 1.85 bits per heavy atom. The van der Waals surface area contributed by atoms with E-state index in [2.05, 4.69) is 19.2 Å². The molecule has 0 radical (unpaired) electrons. The Labute approximate surface area is 121 Å². The van der Waals surface area contributed by atoms with Crippen molar-refractivity contribution in [3.05, 3.63) is 72.7 Å². The van der Waals surface area contributed by atoms with E-state index in [1.807, 2.05) is 18.2 Å². The van der Waals surface area contributed by atoms with E-state index in [1.165, 1.54) is 12.8 Å². The topological polar surface area (TPSA) is 18.5 Å². The predicted octanol–water partition coefficient (Wildman–Crippen LogP) is 5.30. The summed E-state index contributed by atoms with van der Waals surface area (Å²) in [6, 6.07) is 0. The SMILES string of the molecule is C=C/C=C\C(=C)OC1=CC=C(OC2=CCCCC2)CC1. The zero-order valence-electron chi connectivity index (χ0n) is 11.9. The number of allylic oxidation sites excluding steroid dienone is 9. The average molecular weight is 270 g/mol. The lowest BCUT2D eigenvalue weighted by atomic mass is 10.1. The van der Waals surface area contributed by atoms with Crippen molar-refractivity contribution in [3.8, 4) is 0 Å². The van der Waals surface area contributed by atoms with Crippen LogP contribution in [0.4, 0.5) is 0 Å². The average Bonchev–Trinajstić information content (AvgIpc) is 2.48. The van der Waals surface area contributed by atoms with E-state index in [0.717, 1.165) is 43.0 Å². The molecule has 2 aliphatic rings. The van der Waals surface area contributed by atoms with Gasteiger partial charge in [-0.1, -0.05) is 25.3 Å². The first kappa shape index (κ1) is 14.4. The van der Waals surface area contributed by atoms with Crippen LogP contribution >= 0.6 is 0 Å². The third-order valence-electron chi connectivity index (χ3n) is 3.26. The number of rotatable bonds is 6. The summed E-state index contributed by atoms with van der Waals surface area (Å²) in [7, 11) is 0. The molecule has 0 aromatic carbocycles.